The molecule has 0 radical (unpaired) electrons. The lowest BCUT2D eigenvalue weighted by molar-refractivity contribution is 0.000675. The van der Waals surface area contributed by atoms with Crippen molar-refractivity contribution >= 4 is 0 Å². The van der Waals surface area contributed by atoms with Gasteiger partial charge in [0.15, 0.2) is 0 Å². The second-order valence-corrected chi connectivity index (χ2v) is 7.40. The molecule has 2 aliphatic heterocycles. The summed E-state index contributed by atoms with van der Waals surface area (Å²) in [5, 5.41) is 0. The topological polar surface area (TPSA) is 28.6 Å². The van der Waals surface area contributed by atoms with Crippen molar-refractivity contribution in [2.45, 2.75) is 39.3 Å². The van der Waals surface area contributed by atoms with E-state index in [1.54, 1.807) is 12.3 Å². The quantitative estimate of drug-likeness (QED) is 0.855. The van der Waals surface area contributed by atoms with Crippen molar-refractivity contribution in [3.8, 4) is 0 Å². The lowest BCUT2D eigenvalue weighted by Crippen LogP contribution is -2.51. The van der Waals surface area contributed by atoms with Crippen LogP contribution in [0.5, 0.6) is 0 Å². The number of hydrogen-bond donors (Lipinski definition) is 0. The zero-order valence-electron chi connectivity index (χ0n) is 14.3. The van der Waals surface area contributed by atoms with E-state index in [-0.39, 0.29) is 11.2 Å². The molecule has 0 bridgehead atoms. The van der Waals surface area contributed by atoms with E-state index in [9.17, 15) is 4.39 Å². The van der Waals surface area contributed by atoms with Gasteiger partial charge in [-0.1, -0.05) is 0 Å². The third-order valence-corrected chi connectivity index (χ3v) is 5.19. The SMILES string of the molecule is CC(C)N1CCOCC2(CCCN(Cc3ccncc3F)C2)C1. The van der Waals surface area contributed by atoms with Crippen molar-refractivity contribution in [3.05, 3.63) is 29.8 Å². The molecular weight excluding hydrogens is 293 g/mol. The van der Waals surface area contributed by atoms with Gasteiger partial charge in [-0.2, -0.15) is 0 Å². The highest BCUT2D eigenvalue weighted by molar-refractivity contribution is 5.12. The summed E-state index contributed by atoms with van der Waals surface area (Å²) in [5.41, 5.74) is 0.926. The number of pyridine rings is 1. The smallest absolute Gasteiger partial charge is 0.145 e. The minimum atomic E-state index is -0.201. The lowest BCUT2D eigenvalue weighted by atomic mass is 9.79. The average Bonchev–Trinajstić information content (AvgIpc) is 2.73. The van der Waals surface area contributed by atoms with Crippen molar-refractivity contribution in [3.63, 3.8) is 0 Å². The van der Waals surface area contributed by atoms with Crippen LogP contribution in [0.4, 0.5) is 4.39 Å². The third kappa shape index (κ3) is 4.08. The Kier molecular flexibility index (Phi) is 5.29. The standard InChI is InChI=1S/C18H28FN3O/c1-15(2)22-8-9-23-14-18(13-22)5-3-7-21(12-18)11-16-4-6-20-10-17(16)19/h4,6,10,15H,3,5,7-9,11-14H2,1-2H3. The number of rotatable bonds is 3. The number of ether oxygens (including phenoxy) is 1. The fraction of sp³-hybridized carbons (Fsp3) is 0.722. The molecule has 1 aromatic heterocycles. The Labute approximate surface area is 138 Å². The van der Waals surface area contributed by atoms with E-state index in [2.05, 4.69) is 28.6 Å². The number of piperidine rings is 1. The van der Waals surface area contributed by atoms with Gasteiger partial charge in [0, 0.05) is 49.4 Å². The molecule has 2 aliphatic rings. The number of aromatic nitrogens is 1. The normalized spacial score (nSPS) is 27.5. The molecule has 1 unspecified atom stereocenters. The number of hydrogen-bond acceptors (Lipinski definition) is 4. The number of nitrogens with zero attached hydrogens (tertiary/aromatic N) is 3. The highest BCUT2D eigenvalue weighted by Crippen LogP contribution is 2.34. The van der Waals surface area contributed by atoms with Gasteiger partial charge in [-0.15, -0.1) is 0 Å². The Morgan fingerprint density at radius 3 is 3.00 bits per heavy atom. The van der Waals surface area contributed by atoms with Crippen molar-refractivity contribution < 1.29 is 9.13 Å². The van der Waals surface area contributed by atoms with Crippen molar-refractivity contribution in [2.24, 2.45) is 5.41 Å². The summed E-state index contributed by atoms with van der Waals surface area (Å²) in [6, 6.07) is 2.34. The van der Waals surface area contributed by atoms with E-state index in [0.717, 1.165) is 51.4 Å². The van der Waals surface area contributed by atoms with E-state index in [0.29, 0.717) is 12.6 Å². The molecule has 0 amide bonds. The van der Waals surface area contributed by atoms with E-state index in [1.807, 2.05) is 0 Å². The molecule has 1 aromatic rings. The summed E-state index contributed by atoms with van der Waals surface area (Å²) < 4.78 is 19.8. The minimum absolute atomic E-state index is 0.183. The van der Waals surface area contributed by atoms with E-state index in [1.165, 1.54) is 12.6 Å². The van der Waals surface area contributed by atoms with Crippen LogP contribution in [0.3, 0.4) is 0 Å². The fourth-order valence-electron chi connectivity index (χ4n) is 3.93. The Balaban J connectivity index is 1.70. The van der Waals surface area contributed by atoms with Gasteiger partial charge in [0.25, 0.3) is 0 Å². The van der Waals surface area contributed by atoms with E-state index < -0.39 is 0 Å². The molecule has 0 N–H and O–H groups in total. The van der Waals surface area contributed by atoms with Crippen LogP contribution < -0.4 is 0 Å². The molecule has 2 fully saturated rings. The van der Waals surface area contributed by atoms with E-state index in [4.69, 9.17) is 4.74 Å². The molecule has 1 atom stereocenters. The first-order valence-corrected chi connectivity index (χ1v) is 8.71. The largest absolute Gasteiger partial charge is 0.379 e. The van der Waals surface area contributed by atoms with Crippen LogP contribution in [0.25, 0.3) is 0 Å². The van der Waals surface area contributed by atoms with Gasteiger partial charge in [0.05, 0.1) is 19.4 Å². The first-order valence-electron chi connectivity index (χ1n) is 8.71. The first-order chi connectivity index (χ1) is 11.1. The maximum Gasteiger partial charge on any atom is 0.145 e. The number of halogens is 1. The van der Waals surface area contributed by atoms with Gasteiger partial charge in [0.1, 0.15) is 5.82 Å². The van der Waals surface area contributed by atoms with E-state index >= 15 is 0 Å². The highest BCUT2D eigenvalue weighted by Gasteiger charge is 2.39. The van der Waals surface area contributed by atoms with Crippen LogP contribution in [0.1, 0.15) is 32.3 Å². The molecule has 0 aliphatic carbocycles. The summed E-state index contributed by atoms with van der Waals surface area (Å²) in [4.78, 5) is 8.76. The van der Waals surface area contributed by atoms with Gasteiger partial charge in [0.2, 0.25) is 0 Å². The van der Waals surface area contributed by atoms with Crippen molar-refractivity contribution in [1.82, 2.24) is 14.8 Å². The summed E-state index contributed by atoms with van der Waals surface area (Å²) in [7, 11) is 0. The summed E-state index contributed by atoms with van der Waals surface area (Å²) >= 11 is 0. The second kappa shape index (κ2) is 7.24. The fourth-order valence-corrected chi connectivity index (χ4v) is 3.93. The van der Waals surface area contributed by atoms with Crippen molar-refractivity contribution in [2.75, 3.05) is 39.4 Å². The lowest BCUT2D eigenvalue weighted by Gasteiger charge is -2.44. The van der Waals surface area contributed by atoms with Gasteiger partial charge in [-0.25, -0.2) is 4.39 Å². The zero-order valence-corrected chi connectivity index (χ0v) is 14.3. The van der Waals surface area contributed by atoms with Crippen LogP contribution in [0.2, 0.25) is 0 Å². The van der Waals surface area contributed by atoms with Crippen LogP contribution >= 0.6 is 0 Å². The molecule has 23 heavy (non-hydrogen) atoms. The van der Waals surface area contributed by atoms with Crippen molar-refractivity contribution in [1.29, 1.82) is 0 Å². The summed E-state index contributed by atoms with van der Waals surface area (Å²) in [6.45, 7) is 10.9. The average molecular weight is 321 g/mol. The second-order valence-electron chi connectivity index (χ2n) is 7.40. The zero-order chi connectivity index (χ0) is 16.3. The Hall–Kier alpha value is -1.04. The maximum atomic E-state index is 13.9. The summed E-state index contributed by atoms with van der Waals surface area (Å²) in [6.07, 6.45) is 5.34. The predicted octanol–water partition coefficient (Wildman–Crippen LogP) is 2.54. The monoisotopic (exact) mass is 321 g/mol. The number of likely N-dealkylation sites (tertiary alicyclic amines) is 1. The Morgan fingerprint density at radius 1 is 1.35 bits per heavy atom. The van der Waals surface area contributed by atoms with Crippen LogP contribution in [0.15, 0.2) is 18.5 Å². The molecule has 1 spiro atoms. The van der Waals surface area contributed by atoms with Crippen LogP contribution in [0, 0.1) is 11.2 Å². The minimum Gasteiger partial charge on any atom is -0.379 e. The van der Waals surface area contributed by atoms with Crippen LogP contribution in [-0.2, 0) is 11.3 Å². The first kappa shape index (κ1) is 16.8. The van der Waals surface area contributed by atoms with Crippen LogP contribution in [-0.4, -0.2) is 60.2 Å². The predicted molar refractivity (Wildman–Crippen MR) is 88.7 cm³/mol. The molecule has 4 nitrogen and oxygen atoms in total. The molecule has 0 aromatic carbocycles. The Morgan fingerprint density at radius 2 is 2.22 bits per heavy atom. The third-order valence-electron chi connectivity index (χ3n) is 5.19. The molecule has 3 rings (SSSR count). The summed E-state index contributed by atoms with van der Waals surface area (Å²) in [5.74, 6) is -0.201. The molecule has 128 valence electrons. The Bertz CT molecular complexity index is 525. The molecule has 5 heteroatoms. The van der Waals surface area contributed by atoms with Gasteiger partial charge >= 0.3 is 0 Å². The molecular formula is C18H28FN3O. The maximum absolute atomic E-state index is 13.9. The molecule has 0 saturated carbocycles. The molecule has 3 heterocycles. The van der Waals surface area contributed by atoms with Gasteiger partial charge in [-0.3, -0.25) is 14.8 Å². The van der Waals surface area contributed by atoms with Gasteiger partial charge < -0.3 is 4.74 Å². The molecule has 2 saturated heterocycles. The highest BCUT2D eigenvalue weighted by atomic mass is 19.1. The van der Waals surface area contributed by atoms with Gasteiger partial charge in [-0.05, 0) is 39.3 Å².